The molecule has 12 heavy (non-hydrogen) atoms. The summed E-state index contributed by atoms with van der Waals surface area (Å²) in [5.41, 5.74) is 0. The van der Waals surface area contributed by atoms with Crippen molar-refractivity contribution in [2.45, 2.75) is 18.5 Å². The first-order valence-corrected chi connectivity index (χ1v) is 4.89. The van der Waals surface area contributed by atoms with Crippen molar-refractivity contribution in [2.24, 2.45) is 0 Å². The Labute approximate surface area is 78.0 Å². The quantitative estimate of drug-likeness (QED) is 0.329. The highest BCUT2D eigenvalue weighted by Crippen LogP contribution is 2.09. The Morgan fingerprint density at radius 3 is 2.58 bits per heavy atom. The zero-order valence-corrected chi connectivity index (χ0v) is 8.90. The van der Waals surface area contributed by atoms with Gasteiger partial charge in [-0.05, 0) is 6.16 Å². The molecule has 0 rings (SSSR count). The normalized spacial score (nSPS) is 15.1. The average molecular weight is 186 g/mol. The lowest BCUT2D eigenvalue weighted by molar-refractivity contribution is -0.0240. The molecule has 0 fully saturated rings. The van der Waals surface area contributed by atoms with Crippen LogP contribution in [0.1, 0.15) is 0 Å². The largest absolute Gasteiger partial charge is 0.378 e. The van der Waals surface area contributed by atoms with Gasteiger partial charge in [0.15, 0.2) is 0 Å². The standard InChI is InChI=1S/C8H16BO2P/c1-3-4-11-7(5-9)8(6-12)10-2/h1,7-8H,4-6,9,12H2,2H3. The van der Waals surface area contributed by atoms with E-state index in [-0.39, 0.29) is 12.2 Å². The summed E-state index contributed by atoms with van der Waals surface area (Å²) in [6.45, 7) is 0.364. The van der Waals surface area contributed by atoms with Crippen LogP contribution in [0, 0.1) is 12.3 Å². The predicted molar refractivity (Wildman–Crippen MR) is 57.3 cm³/mol. The first-order valence-electron chi connectivity index (χ1n) is 4.08. The second-order valence-corrected chi connectivity index (χ2v) is 2.94. The lowest BCUT2D eigenvalue weighted by Crippen LogP contribution is -2.32. The van der Waals surface area contributed by atoms with Crippen LogP contribution in [-0.2, 0) is 9.47 Å². The molecule has 0 amide bonds. The molecular weight excluding hydrogens is 170 g/mol. The van der Waals surface area contributed by atoms with E-state index < -0.39 is 0 Å². The van der Waals surface area contributed by atoms with E-state index in [4.69, 9.17) is 15.9 Å². The van der Waals surface area contributed by atoms with Crippen molar-refractivity contribution in [2.75, 3.05) is 19.9 Å². The van der Waals surface area contributed by atoms with Gasteiger partial charge in [0.2, 0.25) is 0 Å². The van der Waals surface area contributed by atoms with E-state index in [1.54, 1.807) is 7.11 Å². The molecule has 4 heteroatoms. The van der Waals surface area contributed by atoms with E-state index in [9.17, 15) is 0 Å². The Bertz CT molecular complexity index is 142. The number of rotatable bonds is 6. The van der Waals surface area contributed by atoms with E-state index >= 15 is 0 Å². The minimum absolute atomic E-state index is 0.114. The van der Waals surface area contributed by atoms with Crippen LogP contribution in [0.4, 0.5) is 0 Å². The van der Waals surface area contributed by atoms with Crippen LogP contribution in [0.25, 0.3) is 0 Å². The fourth-order valence-electron chi connectivity index (χ4n) is 1.04. The summed E-state index contributed by atoms with van der Waals surface area (Å²) in [5, 5.41) is 0. The smallest absolute Gasteiger partial charge is 0.107 e. The first kappa shape index (κ1) is 12.0. The minimum Gasteiger partial charge on any atom is -0.378 e. The summed E-state index contributed by atoms with van der Waals surface area (Å²) in [7, 11) is 6.40. The van der Waals surface area contributed by atoms with Crippen LogP contribution in [0.2, 0.25) is 6.32 Å². The first-order chi connectivity index (χ1) is 5.79. The molecular formula is C8H16BO2P. The number of terminal acetylenes is 1. The monoisotopic (exact) mass is 186 g/mol. The molecule has 68 valence electrons. The van der Waals surface area contributed by atoms with Gasteiger partial charge in [0.1, 0.15) is 14.5 Å². The maximum atomic E-state index is 5.41. The molecule has 0 radical (unpaired) electrons. The van der Waals surface area contributed by atoms with Gasteiger partial charge in [0, 0.05) is 7.11 Å². The van der Waals surface area contributed by atoms with E-state index in [1.165, 1.54) is 0 Å². The van der Waals surface area contributed by atoms with Crippen LogP contribution in [0.15, 0.2) is 0 Å². The van der Waals surface area contributed by atoms with Gasteiger partial charge in [-0.3, -0.25) is 0 Å². The van der Waals surface area contributed by atoms with Crippen molar-refractivity contribution >= 4 is 17.1 Å². The molecule has 0 N–H and O–H groups in total. The second-order valence-electron chi connectivity index (χ2n) is 2.47. The molecule has 0 aromatic rings. The van der Waals surface area contributed by atoms with Crippen molar-refractivity contribution in [1.29, 1.82) is 0 Å². The van der Waals surface area contributed by atoms with Gasteiger partial charge >= 0.3 is 0 Å². The third-order valence-corrected chi connectivity index (χ3v) is 2.20. The Hall–Kier alpha value is -0.0251. The van der Waals surface area contributed by atoms with Crippen LogP contribution in [0.3, 0.4) is 0 Å². The zero-order chi connectivity index (χ0) is 9.40. The number of ether oxygens (including phenoxy) is 2. The van der Waals surface area contributed by atoms with E-state index in [1.807, 2.05) is 0 Å². The molecule has 0 bridgehead atoms. The van der Waals surface area contributed by atoms with Gasteiger partial charge in [-0.1, -0.05) is 12.2 Å². The van der Waals surface area contributed by atoms with Crippen LogP contribution in [0.5, 0.6) is 0 Å². The highest BCUT2D eigenvalue weighted by atomic mass is 31.0. The van der Waals surface area contributed by atoms with Gasteiger partial charge in [0.25, 0.3) is 0 Å². The number of hydrogen-bond acceptors (Lipinski definition) is 2. The van der Waals surface area contributed by atoms with Gasteiger partial charge in [-0.15, -0.1) is 15.7 Å². The van der Waals surface area contributed by atoms with Crippen LogP contribution >= 0.6 is 9.24 Å². The summed E-state index contributed by atoms with van der Waals surface area (Å²) in [6.07, 6.45) is 7.14. The molecule has 0 aliphatic heterocycles. The second kappa shape index (κ2) is 7.62. The van der Waals surface area contributed by atoms with Crippen LogP contribution < -0.4 is 0 Å². The van der Waals surface area contributed by atoms with E-state index in [0.717, 1.165) is 12.5 Å². The molecule has 0 aliphatic rings. The minimum atomic E-state index is 0.114. The van der Waals surface area contributed by atoms with Gasteiger partial charge in [0.05, 0.1) is 12.2 Å². The van der Waals surface area contributed by atoms with Crippen molar-refractivity contribution < 1.29 is 9.47 Å². The Balaban J connectivity index is 3.85. The average Bonchev–Trinajstić information content (AvgIpc) is 2.12. The highest BCUT2D eigenvalue weighted by molar-refractivity contribution is 7.16. The molecule has 0 spiro atoms. The molecule has 0 saturated heterocycles. The van der Waals surface area contributed by atoms with Gasteiger partial charge in [-0.25, -0.2) is 0 Å². The summed E-state index contributed by atoms with van der Waals surface area (Å²) in [4.78, 5) is 0. The van der Waals surface area contributed by atoms with Crippen molar-refractivity contribution in [1.82, 2.24) is 0 Å². The zero-order valence-electron chi connectivity index (χ0n) is 7.75. The summed E-state index contributed by atoms with van der Waals surface area (Å²) in [5.74, 6) is 2.45. The molecule has 0 aromatic carbocycles. The molecule has 0 aliphatic carbocycles. The maximum Gasteiger partial charge on any atom is 0.107 e. The van der Waals surface area contributed by atoms with Crippen LogP contribution in [-0.4, -0.2) is 39.9 Å². The lowest BCUT2D eigenvalue weighted by atomic mass is 9.96. The molecule has 0 saturated carbocycles. The lowest BCUT2D eigenvalue weighted by Gasteiger charge is -2.23. The fraction of sp³-hybridized carbons (Fsp3) is 0.750. The van der Waals surface area contributed by atoms with Crippen molar-refractivity contribution in [3.63, 3.8) is 0 Å². The third-order valence-electron chi connectivity index (χ3n) is 1.73. The molecule has 0 heterocycles. The van der Waals surface area contributed by atoms with Gasteiger partial charge < -0.3 is 9.47 Å². The molecule has 2 nitrogen and oxygen atoms in total. The number of methoxy groups -OCH3 is 1. The Morgan fingerprint density at radius 2 is 2.25 bits per heavy atom. The Morgan fingerprint density at radius 1 is 1.58 bits per heavy atom. The van der Waals surface area contributed by atoms with Crippen molar-refractivity contribution in [3.8, 4) is 12.3 Å². The highest BCUT2D eigenvalue weighted by Gasteiger charge is 2.17. The SMILES string of the molecule is BCC(OCC#C)C(CP)OC. The molecule has 0 aromatic heterocycles. The number of hydrogen-bond donors (Lipinski definition) is 0. The summed E-state index contributed by atoms with van der Waals surface area (Å²) < 4.78 is 10.6. The summed E-state index contributed by atoms with van der Waals surface area (Å²) >= 11 is 0. The Kier molecular flexibility index (Phi) is 7.60. The topological polar surface area (TPSA) is 18.5 Å². The summed E-state index contributed by atoms with van der Waals surface area (Å²) in [6, 6.07) is 0. The fourth-order valence-corrected chi connectivity index (χ4v) is 1.54. The van der Waals surface area contributed by atoms with E-state index in [0.29, 0.717) is 6.61 Å². The van der Waals surface area contributed by atoms with Crippen molar-refractivity contribution in [3.05, 3.63) is 0 Å². The van der Waals surface area contributed by atoms with E-state index in [2.05, 4.69) is 23.0 Å². The molecule has 3 atom stereocenters. The third kappa shape index (κ3) is 4.11. The van der Waals surface area contributed by atoms with Gasteiger partial charge in [-0.2, -0.15) is 0 Å². The molecule has 3 unspecified atom stereocenters. The maximum absolute atomic E-state index is 5.41. The predicted octanol–water partition coefficient (Wildman–Crippen LogP) is -0.0537.